The third-order valence-corrected chi connectivity index (χ3v) is 14.4. The summed E-state index contributed by atoms with van der Waals surface area (Å²) in [6, 6.07) is 0. The lowest BCUT2D eigenvalue weighted by molar-refractivity contribution is -0.870. The summed E-state index contributed by atoms with van der Waals surface area (Å²) in [5, 5.41) is 11.8. The monoisotopic (exact) mass is 1110 g/mol. The standard InChI is InChI=1S/C70H125NO8/c1-6-8-10-12-14-16-18-20-22-23-24-25-26-27-28-29-30-31-32-33-34-35-36-37-38-39-40-41-42-43-44-45-47-49-51-53-55-57-59-61-68(73)79-66(65-78-70(69(74)75)76-63-62-71(3,4)5)64-77-67(72)60-58-56-54-52-50-48-46-21-19-17-15-13-11-9-7-2/h8,10,14,16,20-22,24-25,27-28,46,66,70H,6-7,9,11-13,15,17-19,23,26,29-45,47-65H2,1-5H3/b10-8-,16-14-,22-20-,25-24-,28-27-,46-21-. The summed E-state index contributed by atoms with van der Waals surface area (Å²) in [6.07, 6.45) is 77.0. The van der Waals surface area contributed by atoms with Gasteiger partial charge in [-0.05, 0) is 83.5 Å². The van der Waals surface area contributed by atoms with E-state index >= 15 is 0 Å². The number of carboxylic acid groups (broad SMARTS) is 1. The van der Waals surface area contributed by atoms with Crippen LogP contribution in [0.4, 0.5) is 0 Å². The number of esters is 2. The van der Waals surface area contributed by atoms with Gasteiger partial charge in [-0.2, -0.15) is 0 Å². The van der Waals surface area contributed by atoms with Gasteiger partial charge in [-0.25, -0.2) is 0 Å². The molecule has 0 aliphatic rings. The van der Waals surface area contributed by atoms with Crippen LogP contribution >= 0.6 is 0 Å². The van der Waals surface area contributed by atoms with Gasteiger partial charge in [0.25, 0.3) is 0 Å². The Labute approximate surface area is 487 Å². The van der Waals surface area contributed by atoms with Gasteiger partial charge < -0.3 is 33.3 Å². The molecule has 9 heteroatoms. The molecule has 2 atom stereocenters. The fourth-order valence-corrected chi connectivity index (χ4v) is 9.38. The smallest absolute Gasteiger partial charge is 0.306 e. The summed E-state index contributed by atoms with van der Waals surface area (Å²) >= 11 is 0. The maximum Gasteiger partial charge on any atom is 0.306 e. The van der Waals surface area contributed by atoms with Gasteiger partial charge in [-0.15, -0.1) is 0 Å². The van der Waals surface area contributed by atoms with Crippen molar-refractivity contribution in [3.8, 4) is 0 Å². The zero-order chi connectivity index (χ0) is 57.6. The van der Waals surface area contributed by atoms with Crippen LogP contribution in [0.5, 0.6) is 0 Å². The van der Waals surface area contributed by atoms with E-state index < -0.39 is 24.3 Å². The molecule has 0 saturated heterocycles. The van der Waals surface area contributed by atoms with Gasteiger partial charge in [0.1, 0.15) is 13.2 Å². The number of likely N-dealkylation sites (N-methyl/N-ethyl adjacent to an activating group) is 1. The summed E-state index contributed by atoms with van der Waals surface area (Å²) in [7, 11) is 5.93. The Morgan fingerprint density at radius 2 is 0.722 bits per heavy atom. The number of ether oxygens (including phenoxy) is 4. The third kappa shape index (κ3) is 62.2. The Morgan fingerprint density at radius 1 is 0.392 bits per heavy atom. The van der Waals surface area contributed by atoms with Crippen LogP contribution in [-0.2, 0) is 33.3 Å². The number of nitrogens with zero attached hydrogens (tertiary/aromatic N) is 1. The van der Waals surface area contributed by atoms with Crippen molar-refractivity contribution in [3.63, 3.8) is 0 Å². The normalized spacial score (nSPS) is 13.2. The molecule has 0 N–H and O–H groups in total. The Balaban J connectivity index is 3.98. The maximum absolute atomic E-state index is 12.9. The summed E-state index contributed by atoms with van der Waals surface area (Å²) in [4.78, 5) is 37.3. The van der Waals surface area contributed by atoms with E-state index in [-0.39, 0.29) is 38.6 Å². The molecule has 0 spiro atoms. The minimum Gasteiger partial charge on any atom is -0.545 e. The van der Waals surface area contributed by atoms with Crippen molar-refractivity contribution in [2.24, 2.45) is 0 Å². The molecule has 0 bridgehead atoms. The highest BCUT2D eigenvalue weighted by Crippen LogP contribution is 2.17. The molecule has 9 nitrogen and oxygen atoms in total. The van der Waals surface area contributed by atoms with E-state index in [9.17, 15) is 19.5 Å². The van der Waals surface area contributed by atoms with E-state index in [1.165, 1.54) is 180 Å². The van der Waals surface area contributed by atoms with Crippen LogP contribution in [0.25, 0.3) is 0 Å². The van der Waals surface area contributed by atoms with E-state index in [0.717, 1.165) is 83.5 Å². The highest BCUT2D eigenvalue weighted by atomic mass is 16.7. The van der Waals surface area contributed by atoms with E-state index in [1.54, 1.807) is 0 Å². The fourth-order valence-electron chi connectivity index (χ4n) is 9.38. The highest BCUT2D eigenvalue weighted by molar-refractivity contribution is 5.70. The highest BCUT2D eigenvalue weighted by Gasteiger charge is 2.22. The van der Waals surface area contributed by atoms with Gasteiger partial charge >= 0.3 is 11.9 Å². The van der Waals surface area contributed by atoms with Gasteiger partial charge in [0.05, 0.1) is 40.3 Å². The van der Waals surface area contributed by atoms with Crippen LogP contribution in [-0.4, -0.2) is 82.3 Å². The third-order valence-electron chi connectivity index (χ3n) is 14.4. The number of carbonyl (C=O) groups excluding carboxylic acids is 3. The van der Waals surface area contributed by atoms with Crippen LogP contribution in [0.15, 0.2) is 72.9 Å². The quantitative estimate of drug-likeness (QED) is 0.0195. The van der Waals surface area contributed by atoms with Crippen LogP contribution in [0.1, 0.15) is 296 Å². The van der Waals surface area contributed by atoms with Gasteiger partial charge in [-0.3, -0.25) is 9.59 Å². The number of hydrogen-bond donors (Lipinski definition) is 0. The fraction of sp³-hybridized carbons (Fsp3) is 0.786. The largest absolute Gasteiger partial charge is 0.545 e. The molecule has 0 fully saturated rings. The Bertz CT molecular complexity index is 1520. The molecular weight excluding hydrogens is 983 g/mol. The number of carbonyl (C=O) groups is 3. The first-order chi connectivity index (χ1) is 38.6. The van der Waals surface area contributed by atoms with Crippen molar-refractivity contribution in [1.82, 2.24) is 0 Å². The number of quaternary nitrogens is 1. The summed E-state index contributed by atoms with van der Waals surface area (Å²) in [6.45, 7) is 4.65. The molecule has 0 heterocycles. The van der Waals surface area contributed by atoms with Crippen LogP contribution in [0.3, 0.4) is 0 Å². The van der Waals surface area contributed by atoms with Crippen molar-refractivity contribution >= 4 is 17.9 Å². The number of aliphatic carboxylic acids is 1. The SMILES string of the molecule is CC/C=C\C/C=C\C/C=C\C/C=C\C/C=C\CCCCCCCCCCCCCCCCCCCCCCCCCC(=O)OC(COC(=O)CCCCCCC/C=C\CCCCCCCC)COC(OCC[N+](C)(C)C)C(=O)[O-]. The lowest BCUT2D eigenvalue weighted by Gasteiger charge is -2.26. The summed E-state index contributed by atoms with van der Waals surface area (Å²) in [5.74, 6) is -2.28. The van der Waals surface area contributed by atoms with Crippen molar-refractivity contribution in [3.05, 3.63) is 72.9 Å². The van der Waals surface area contributed by atoms with Crippen molar-refractivity contribution in [2.75, 3.05) is 47.5 Å². The molecule has 0 amide bonds. The Morgan fingerprint density at radius 3 is 1.09 bits per heavy atom. The van der Waals surface area contributed by atoms with Gasteiger partial charge in [0.2, 0.25) is 0 Å². The average Bonchev–Trinajstić information content (AvgIpc) is 3.42. The maximum atomic E-state index is 12.9. The number of rotatable bonds is 61. The summed E-state index contributed by atoms with van der Waals surface area (Å²) in [5.41, 5.74) is 0. The van der Waals surface area contributed by atoms with Crippen LogP contribution in [0.2, 0.25) is 0 Å². The predicted molar refractivity (Wildman–Crippen MR) is 334 cm³/mol. The zero-order valence-corrected chi connectivity index (χ0v) is 52.2. The van der Waals surface area contributed by atoms with Gasteiger partial charge in [-0.1, -0.05) is 273 Å². The van der Waals surface area contributed by atoms with Crippen LogP contribution < -0.4 is 5.11 Å². The van der Waals surface area contributed by atoms with Gasteiger partial charge in [0, 0.05) is 12.8 Å². The molecule has 0 aliphatic heterocycles. The molecule has 0 aliphatic carbocycles. The Kier molecular flexibility index (Phi) is 58.3. The van der Waals surface area contributed by atoms with Crippen molar-refractivity contribution in [2.45, 2.75) is 309 Å². The second-order valence-corrected chi connectivity index (χ2v) is 23.4. The number of carboxylic acids is 1. The molecule has 79 heavy (non-hydrogen) atoms. The number of hydrogen-bond acceptors (Lipinski definition) is 8. The van der Waals surface area contributed by atoms with Crippen LogP contribution in [0, 0.1) is 0 Å². The van der Waals surface area contributed by atoms with E-state index in [2.05, 4.69) is 86.8 Å². The van der Waals surface area contributed by atoms with E-state index in [4.69, 9.17) is 18.9 Å². The lowest BCUT2D eigenvalue weighted by atomic mass is 10.0. The van der Waals surface area contributed by atoms with E-state index in [0.29, 0.717) is 17.4 Å². The second-order valence-electron chi connectivity index (χ2n) is 23.4. The first-order valence-electron chi connectivity index (χ1n) is 33.1. The lowest BCUT2D eigenvalue weighted by Crippen LogP contribution is -2.44. The molecule has 0 aromatic rings. The Hall–Kier alpha value is -3.27. The number of unbranched alkanes of at least 4 members (excludes halogenated alkanes) is 34. The van der Waals surface area contributed by atoms with Crippen molar-refractivity contribution < 1.29 is 42.9 Å². The first-order valence-corrected chi connectivity index (χ1v) is 33.1. The minimum atomic E-state index is -1.62. The molecule has 0 aromatic carbocycles. The first kappa shape index (κ1) is 75.7. The molecule has 0 radical (unpaired) electrons. The van der Waals surface area contributed by atoms with E-state index in [1.807, 2.05) is 21.1 Å². The molecule has 2 unspecified atom stereocenters. The van der Waals surface area contributed by atoms with Crippen molar-refractivity contribution in [1.29, 1.82) is 0 Å². The number of allylic oxidation sites excluding steroid dienone is 12. The predicted octanol–water partition coefficient (Wildman–Crippen LogP) is 18.8. The molecular formula is C70H125NO8. The molecule has 0 aromatic heterocycles. The zero-order valence-electron chi connectivity index (χ0n) is 52.2. The second kappa shape index (κ2) is 60.8. The minimum absolute atomic E-state index is 0.147. The molecule has 0 saturated carbocycles. The topological polar surface area (TPSA) is 111 Å². The van der Waals surface area contributed by atoms with Gasteiger partial charge in [0.15, 0.2) is 12.4 Å². The average molecular weight is 1110 g/mol. The molecule has 0 rings (SSSR count). The molecule has 458 valence electrons. The summed E-state index contributed by atoms with van der Waals surface area (Å²) < 4.78 is 22.7.